The molecule has 4 aromatic rings. The maximum absolute atomic E-state index is 14.4. The van der Waals surface area contributed by atoms with Gasteiger partial charge in [0.1, 0.15) is 17.3 Å². The zero-order valence-corrected chi connectivity index (χ0v) is 25.7. The summed E-state index contributed by atoms with van der Waals surface area (Å²) in [6.07, 6.45) is 2.64. The number of carbonyl (C=O) groups is 2. The Kier molecular flexibility index (Phi) is 8.11. The lowest BCUT2D eigenvalue weighted by Crippen LogP contribution is -2.35. The van der Waals surface area contributed by atoms with Crippen LogP contribution in [0.15, 0.2) is 65.1 Å². The molecule has 0 radical (unpaired) electrons. The molecule has 2 aliphatic rings. The molecule has 216 valence electrons. The number of pyridine rings is 1. The Labute approximate surface area is 256 Å². The van der Waals surface area contributed by atoms with Crippen LogP contribution in [0.1, 0.15) is 44.1 Å². The van der Waals surface area contributed by atoms with Crippen molar-refractivity contribution < 1.29 is 18.7 Å². The van der Waals surface area contributed by atoms with E-state index in [1.165, 1.54) is 17.4 Å². The summed E-state index contributed by atoms with van der Waals surface area (Å²) >= 11 is 4.93. The number of methoxy groups -OCH3 is 1. The SMILES string of the molecule is COC[C@H]1CCCN1c1cccc(C(=O)N2CCc3cc(C(=O)Nc4c(C)cccc4F)sc3-c3ccc(Br)cc32)n1. The van der Waals surface area contributed by atoms with E-state index < -0.39 is 5.82 Å². The lowest BCUT2D eigenvalue weighted by atomic mass is 10.1. The summed E-state index contributed by atoms with van der Waals surface area (Å²) in [6.45, 7) is 3.68. The molecular weight excluding hydrogens is 619 g/mol. The van der Waals surface area contributed by atoms with Crippen molar-refractivity contribution in [3.63, 3.8) is 0 Å². The van der Waals surface area contributed by atoms with Gasteiger partial charge in [0.25, 0.3) is 11.8 Å². The quantitative estimate of drug-likeness (QED) is 0.242. The number of thiophene rings is 1. The number of carbonyl (C=O) groups excluding carboxylic acids is 2. The highest BCUT2D eigenvalue weighted by Gasteiger charge is 2.30. The van der Waals surface area contributed by atoms with Gasteiger partial charge in [-0.15, -0.1) is 11.3 Å². The molecule has 1 fully saturated rings. The highest BCUT2D eigenvalue weighted by molar-refractivity contribution is 9.10. The van der Waals surface area contributed by atoms with Crippen molar-refractivity contribution in [3.8, 4) is 10.4 Å². The van der Waals surface area contributed by atoms with Crippen LogP contribution in [0, 0.1) is 12.7 Å². The number of fused-ring (bicyclic) bond motifs is 3. The number of benzene rings is 2. The molecule has 7 nitrogen and oxygen atoms in total. The molecule has 42 heavy (non-hydrogen) atoms. The van der Waals surface area contributed by atoms with Crippen LogP contribution in [0.4, 0.5) is 21.6 Å². The van der Waals surface area contributed by atoms with Crippen LogP contribution in [-0.2, 0) is 11.2 Å². The first-order valence-electron chi connectivity index (χ1n) is 13.9. The number of para-hydroxylation sites is 1. The van der Waals surface area contributed by atoms with E-state index in [0.717, 1.165) is 51.4 Å². The lowest BCUT2D eigenvalue weighted by molar-refractivity contribution is 0.0981. The molecule has 1 atom stereocenters. The van der Waals surface area contributed by atoms with Crippen LogP contribution in [0.5, 0.6) is 0 Å². The topological polar surface area (TPSA) is 74.8 Å². The summed E-state index contributed by atoms with van der Waals surface area (Å²) in [5.74, 6) is -0.226. The molecule has 0 saturated carbocycles. The predicted octanol–water partition coefficient (Wildman–Crippen LogP) is 7.09. The maximum Gasteiger partial charge on any atom is 0.276 e. The van der Waals surface area contributed by atoms with Gasteiger partial charge in [0, 0.05) is 35.1 Å². The second-order valence-corrected chi connectivity index (χ2v) is 12.5. The van der Waals surface area contributed by atoms with E-state index in [0.29, 0.717) is 35.7 Å². The van der Waals surface area contributed by atoms with Gasteiger partial charge in [-0.1, -0.05) is 40.2 Å². The van der Waals surface area contributed by atoms with E-state index in [9.17, 15) is 14.0 Å². The van der Waals surface area contributed by atoms with Crippen molar-refractivity contribution in [2.24, 2.45) is 0 Å². The monoisotopic (exact) mass is 648 g/mol. The average Bonchev–Trinajstić information content (AvgIpc) is 3.60. The van der Waals surface area contributed by atoms with Crippen LogP contribution >= 0.6 is 27.3 Å². The molecule has 1 N–H and O–H groups in total. The van der Waals surface area contributed by atoms with E-state index in [4.69, 9.17) is 9.72 Å². The van der Waals surface area contributed by atoms with Gasteiger partial charge >= 0.3 is 0 Å². The lowest BCUT2D eigenvalue weighted by Gasteiger charge is -2.26. The van der Waals surface area contributed by atoms with Gasteiger partial charge in [-0.05, 0) is 73.7 Å². The third kappa shape index (κ3) is 5.46. The number of hydrogen-bond donors (Lipinski definition) is 1. The fourth-order valence-electron chi connectivity index (χ4n) is 5.75. The van der Waals surface area contributed by atoms with Gasteiger partial charge in [-0.3, -0.25) is 9.59 Å². The Morgan fingerprint density at radius 3 is 2.79 bits per heavy atom. The number of aryl methyl sites for hydroxylation is 1. The number of halogens is 2. The second-order valence-electron chi connectivity index (χ2n) is 10.5. The van der Waals surface area contributed by atoms with E-state index >= 15 is 0 Å². The van der Waals surface area contributed by atoms with E-state index in [1.54, 1.807) is 37.1 Å². The predicted molar refractivity (Wildman–Crippen MR) is 168 cm³/mol. The smallest absolute Gasteiger partial charge is 0.276 e. The van der Waals surface area contributed by atoms with Gasteiger partial charge in [-0.2, -0.15) is 0 Å². The summed E-state index contributed by atoms with van der Waals surface area (Å²) in [5.41, 5.74) is 3.80. The molecule has 2 aromatic carbocycles. The maximum atomic E-state index is 14.4. The number of rotatable bonds is 6. The Morgan fingerprint density at radius 1 is 1.14 bits per heavy atom. The number of nitrogens with one attached hydrogen (secondary N) is 1. The van der Waals surface area contributed by atoms with E-state index in [1.807, 2.05) is 36.4 Å². The van der Waals surface area contributed by atoms with Crippen LogP contribution in [0.3, 0.4) is 0 Å². The first-order chi connectivity index (χ1) is 20.3. The van der Waals surface area contributed by atoms with E-state index in [2.05, 4.69) is 26.1 Å². The third-order valence-corrected chi connectivity index (χ3v) is 9.52. The van der Waals surface area contributed by atoms with Crippen molar-refractivity contribution in [2.75, 3.05) is 41.9 Å². The van der Waals surface area contributed by atoms with Crippen LogP contribution in [0.2, 0.25) is 0 Å². The van der Waals surface area contributed by atoms with Crippen molar-refractivity contribution >= 4 is 56.3 Å². The standard InChI is InChI=1S/C32H30BrFN4O3S/c1-19-6-3-8-24(34)29(19)36-31(39)27-16-20-13-15-38(26-17-21(33)11-12-23(26)30(20)42-27)32(40)25-9-4-10-28(35-25)37-14-5-7-22(37)18-41-2/h3-4,6,8-12,16-17,22H,5,7,13-15,18H2,1-2H3,(H,36,39)/t22-/m1/s1. The van der Waals surface area contributed by atoms with Crippen molar-refractivity contribution in [1.82, 2.24) is 4.98 Å². The fourth-order valence-corrected chi connectivity index (χ4v) is 7.24. The number of aromatic nitrogens is 1. The molecule has 2 aromatic heterocycles. The molecule has 0 bridgehead atoms. The Morgan fingerprint density at radius 2 is 1.98 bits per heavy atom. The minimum Gasteiger partial charge on any atom is -0.383 e. The van der Waals surface area contributed by atoms with Crippen LogP contribution in [0.25, 0.3) is 10.4 Å². The Balaban J connectivity index is 1.31. The largest absolute Gasteiger partial charge is 0.383 e. The molecule has 2 aliphatic heterocycles. The zero-order valence-electron chi connectivity index (χ0n) is 23.3. The molecule has 0 unspecified atom stereocenters. The molecule has 0 spiro atoms. The Hall–Kier alpha value is -3.60. The molecule has 0 aliphatic carbocycles. The molecule has 6 rings (SSSR count). The van der Waals surface area contributed by atoms with Gasteiger partial charge in [0.05, 0.1) is 28.9 Å². The first-order valence-corrected chi connectivity index (χ1v) is 15.5. The van der Waals surface area contributed by atoms with Gasteiger partial charge in [0.2, 0.25) is 0 Å². The molecule has 1 saturated heterocycles. The number of nitrogens with zero attached hydrogens (tertiary/aromatic N) is 3. The summed E-state index contributed by atoms with van der Waals surface area (Å²) < 4.78 is 20.7. The van der Waals surface area contributed by atoms with Crippen LogP contribution < -0.4 is 15.1 Å². The normalized spacial score (nSPS) is 16.1. The molecular formula is C32H30BrFN4O3S. The van der Waals surface area contributed by atoms with Gasteiger partial charge in [0.15, 0.2) is 0 Å². The van der Waals surface area contributed by atoms with E-state index in [-0.39, 0.29) is 23.5 Å². The summed E-state index contributed by atoms with van der Waals surface area (Å²) in [6, 6.07) is 18.2. The second kappa shape index (κ2) is 11.9. The third-order valence-electron chi connectivity index (χ3n) is 7.82. The minimum absolute atomic E-state index is 0.179. The number of ether oxygens (including phenoxy) is 1. The number of anilines is 3. The summed E-state index contributed by atoms with van der Waals surface area (Å²) in [7, 11) is 1.71. The average molecular weight is 650 g/mol. The number of amides is 2. The van der Waals surface area contributed by atoms with Crippen molar-refractivity contribution in [2.45, 2.75) is 32.2 Å². The number of hydrogen-bond acceptors (Lipinski definition) is 6. The fraction of sp³-hybridized carbons (Fsp3) is 0.281. The molecule has 2 amide bonds. The Bertz CT molecular complexity index is 1660. The van der Waals surface area contributed by atoms with Gasteiger partial charge in [-0.25, -0.2) is 9.37 Å². The first kappa shape index (κ1) is 28.5. The minimum atomic E-state index is -0.470. The van der Waals surface area contributed by atoms with Crippen molar-refractivity contribution in [1.29, 1.82) is 0 Å². The van der Waals surface area contributed by atoms with Crippen LogP contribution in [-0.4, -0.2) is 49.6 Å². The summed E-state index contributed by atoms with van der Waals surface area (Å²) in [4.78, 5) is 37.4. The zero-order chi connectivity index (χ0) is 29.4. The highest BCUT2D eigenvalue weighted by Crippen LogP contribution is 2.43. The molecule has 10 heteroatoms. The highest BCUT2D eigenvalue weighted by atomic mass is 79.9. The molecule has 4 heterocycles. The van der Waals surface area contributed by atoms with Crippen molar-refractivity contribution in [3.05, 3.63) is 92.7 Å². The summed E-state index contributed by atoms with van der Waals surface area (Å²) in [5, 5.41) is 2.74. The van der Waals surface area contributed by atoms with Gasteiger partial charge < -0.3 is 19.9 Å².